The second-order valence-electron chi connectivity index (χ2n) is 5.68. The Morgan fingerprint density at radius 3 is 2.22 bits per heavy atom. The first kappa shape index (κ1) is 18.7. The van der Waals surface area contributed by atoms with Gasteiger partial charge < -0.3 is 5.32 Å². The van der Waals surface area contributed by atoms with Crippen molar-refractivity contribution in [3.8, 4) is 5.69 Å². The lowest BCUT2D eigenvalue weighted by molar-refractivity contribution is -0.141. The van der Waals surface area contributed by atoms with Crippen LogP contribution in [0, 0.1) is 24.4 Å². The number of nitrogens with zero attached hydrogens (tertiary/aromatic N) is 3. The normalized spacial score (nSPS) is 11.7. The molecule has 0 spiro atoms. The summed E-state index contributed by atoms with van der Waals surface area (Å²) in [4.78, 5) is 3.99. The lowest BCUT2D eigenvalue weighted by Gasteiger charge is -2.09. The Kier molecular flexibility index (Phi) is 4.81. The fourth-order valence-corrected chi connectivity index (χ4v) is 2.41. The molecular formula is C17H12F6N4. The van der Waals surface area contributed by atoms with Crippen molar-refractivity contribution in [2.45, 2.75) is 19.6 Å². The Bertz CT molecular complexity index is 940. The number of rotatable bonds is 4. The summed E-state index contributed by atoms with van der Waals surface area (Å²) in [5.41, 5.74) is -0.836. The second-order valence-corrected chi connectivity index (χ2v) is 5.68. The van der Waals surface area contributed by atoms with Crippen LogP contribution in [0.4, 0.5) is 32.2 Å². The first-order valence-electron chi connectivity index (χ1n) is 7.63. The molecule has 10 heteroatoms. The van der Waals surface area contributed by atoms with Gasteiger partial charge in [0.1, 0.15) is 23.3 Å². The summed E-state index contributed by atoms with van der Waals surface area (Å²) in [7, 11) is 0. The third-order valence-corrected chi connectivity index (χ3v) is 3.72. The van der Waals surface area contributed by atoms with E-state index in [4.69, 9.17) is 0 Å². The maximum absolute atomic E-state index is 13.6. The Hall–Kier alpha value is -3.04. The van der Waals surface area contributed by atoms with Crippen LogP contribution in [0.2, 0.25) is 0 Å². The third kappa shape index (κ3) is 4.04. The van der Waals surface area contributed by atoms with E-state index in [0.717, 1.165) is 10.7 Å². The predicted octanol–water partition coefficient (Wildman–Crippen LogP) is 4.62. The zero-order chi connectivity index (χ0) is 19.8. The average Bonchev–Trinajstić information content (AvgIpc) is 2.96. The van der Waals surface area contributed by atoms with Crippen LogP contribution in [0.25, 0.3) is 5.69 Å². The summed E-state index contributed by atoms with van der Waals surface area (Å²) in [6.45, 7) is 1.18. The van der Waals surface area contributed by atoms with Crippen molar-refractivity contribution in [1.82, 2.24) is 14.8 Å². The van der Waals surface area contributed by atoms with Crippen LogP contribution in [0.5, 0.6) is 0 Å². The van der Waals surface area contributed by atoms with Crippen molar-refractivity contribution in [1.29, 1.82) is 0 Å². The van der Waals surface area contributed by atoms with E-state index in [1.165, 1.54) is 25.3 Å². The molecule has 0 aliphatic rings. The van der Waals surface area contributed by atoms with E-state index in [1.54, 1.807) is 0 Å². The summed E-state index contributed by atoms with van der Waals surface area (Å²) in [6, 6.07) is 4.91. The summed E-state index contributed by atoms with van der Waals surface area (Å²) < 4.78 is 79.4. The molecule has 4 nitrogen and oxygen atoms in total. The van der Waals surface area contributed by atoms with Crippen LogP contribution < -0.4 is 5.32 Å². The highest BCUT2D eigenvalue weighted by atomic mass is 19.4. The lowest BCUT2D eigenvalue weighted by Crippen LogP contribution is -2.08. The SMILES string of the molecule is Cc1cc(C(F)(F)F)nn1-c1ccc(NCc2c(F)cc(F)cc2F)nc1. The molecule has 0 aliphatic heterocycles. The Morgan fingerprint density at radius 1 is 1.04 bits per heavy atom. The lowest BCUT2D eigenvalue weighted by atomic mass is 10.2. The number of hydrogen-bond donors (Lipinski definition) is 1. The highest BCUT2D eigenvalue weighted by molar-refractivity contribution is 5.42. The topological polar surface area (TPSA) is 42.7 Å². The molecule has 142 valence electrons. The molecule has 1 aromatic carbocycles. The number of aryl methyl sites for hydroxylation is 1. The molecule has 0 radical (unpaired) electrons. The van der Waals surface area contributed by atoms with Crippen molar-refractivity contribution in [2.24, 2.45) is 0 Å². The van der Waals surface area contributed by atoms with Gasteiger partial charge in [0.25, 0.3) is 0 Å². The van der Waals surface area contributed by atoms with Crippen molar-refractivity contribution >= 4 is 5.82 Å². The van der Waals surface area contributed by atoms with E-state index < -0.39 is 29.3 Å². The third-order valence-electron chi connectivity index (χ3n) is 3.72. The molecule has 27 heavy (non-hydrogen) atoms. The molecule has 0 aliphatic carbocycles. The minimum atomic E-state index is -4.56. The molecule has 2 aromatic heterocycles. The molecular weight excluding hydrogens is 374 g/mol. The number of nitrogens with one attached hydrogen (secondary N) is 1. The second kappa shape index (κ2) is 6.93. The van der Waals surface area contributed by atoms with Gasteiger partial charge in [-0.1, -0.05) is 0 Å². The smallest absolute Gasteiger partial charge is 0.366 e. The number of alkyl halides is 3. The van der Waals surface area contributed by atoms with Crippen LogP contribution in [0.1, 0.15) is 17.0 Å². The minimum Gasteiger partial charge on any atom is -0.366 e. The van der Waals surface area contributed by atoms with Gasteiger partial charge in [0.15, 0.2) is 5.69 Å². The van der Waals surface area contributed by atoms with Gasteiger partial charge in [0.2, 0.25) is 0 Å². The van der Waals surface area contributed by atoms with Crippen LogP contribution >= 0.6 is 0 Å². The minimum absolute atomic E-state index is 0.225. The monoisotopic (exact) mass is 386 g/mol. The highest BCUT2D eigenvalue weighted by Gasteiger charge is 2.34. The number of benzene rings is 1. The first-order valence-corrected chi connectivity index (χ1v) is 7.63. The fraction of sp³-hybridized carbons (Fsp3) is 0.176. The molecule has 3 rings (SSSR count). The predicted molar refractivity (Wildman–Crippen MR) is 84.7 cm³/mol. The highest BCUT2D eigenvalue weighted by Crippen LogP contribution is 2.29. The van der Waals surface area contributed by atoms with Crippen LogP contribution in [0.3, 0.4) is 0 Å². The average molecular weight is 386 g/mol. The van der Waals surface area contributed by atoms with Gasteiger partial charge in [-0.25, -0.2) is 22.8 Å². The van der Waals surface area contributed by atoms with Crippen molar-refractivity contribution < 1.29 is 26.3 Å². The number of halogens is 6. The fourth-order valence-electron chi connectivity index (χ4n) is 2.41. The molecule has 2 heterocycles. The molecule has 0 fully saturated rings. The van der Waals surface area contributed by atoms with E-state index in [0.29, 0.717) is 12.1 Å². The molecule has 0 unspecified atom stereocenters. The van der Waals surface area contributed by atoms with Gasteiger partial charge in [0.05, 0.1) is 11.9 Å². The molecule has 0 amide bonds. The summed E-state index contributed by atoms with van der Waals surface area (Å²) in [5.74, 6) is -2.88. The number of anilines is 1. The van der Waals surface area contributed by atoms with Gasteiger partial charge in [-0.15, -0.1) is 0 Å². The summed E-state index contributed by atoms with van der Waals surface area (Å²) in [5, 5.41) is 6.16. The molecule has 0 saturated heterocycles. The largest absolute Gasteiger partial charge is 0.435 e. The zero-order valence-electron chi connectivity index (χ0n) is 13.8. The zero-order valence-corrected chi connectivity index (χ0v) is 13.8. The Balaban J connectivity index is 1.76. The molecule has 0 bridgehead atoms. The van der Waals surface area contributed by atoms with E-state index in [1.807, 2.05) is 0 Å². The summed E-state index contributed by atoms with van der Waals surface area (Å²) in [6.07, 6.45) is -3.30. The van der Waals surface area contributed by atoms with Crippen LogP contribution in [0.15, 0.2) is 36.5 Å². The van der Waals surface area contributed by atoms with Crippen molar-refractivity contribution in [3.63, 3.8) is 0 Å². The molecule has 0 saturated carbocycles. The quantitative estimate of drug-likeness (QED) is 0.666. The van der Waals surface area contributed by atoms with E-state index >= 15 is 0 Å². The van der Waals surface area contributed by atoms with E-state index in [2.05, 4.69) is 15.4 Å². The van der Waals surface area contributed by atoms with Crippen molar-refractivity contribution in [3.05, 3.63) is 70.9 Å². The van der Waals surface area contributed by atoms with Gasteiger partial charge in [-0.05, 0) is 25.1 Å². The molecule has 0 atom stereocenters. The standard InChI is InChI=1S/C17H12F6N4/c1-9-4-15(17(21,22)23)26-27(9)11-2-3-16(24-7-11)25-8-12-13(19)5-10(18)6-14(12)20/h2-7H,8H2,1H3,(H,24,25). The van der Waals surface area contributed by atoms with Crippen LogP contribution in [-0.2, 0) is 12.7 Å². The Morgan fingerprint density at radius 2 is 1.70 bits per heavy atom. The number of aromatic nitrogens is 3. The number of pyridine rings is 1. The maximum atomic E-state index is 13.6. The van der Waals surface area contributed by atoms with Gasteiger partial charge in [0, 0.05) is 29.9 Å². The van der Waals surface area contributed by atoms with Gasteiger partial charge >= 0.3 is 6.18 Å². The molecule has 3 aromatic rings. The molecule has 1 N–H and O–H groups in total. The Labute approximate surface area is 149 Å². The number of hydrogen-bond acceptors (Lipinski definition) is 3. The van der Waals surface area contributed by atoms with Crippen molar-refractivity contribution in [2.75, 3.05) is 5.32 Å². The first-order chi connectivity index (χ1) is 12.6. The van der Waals surface area contributed by atoms with E-state index in [9.17, 15) is 26.3 Å². The van der Waals surface area contributed by atoms with Gasteiger partial charge in [-0.3, -0.25) is 0 Å². The van der Waals surface area contributed by atoms with Crippen LogP contribution in [-0.4, -0.2) is 14.8 Å². The van der Waals surface area contributed by atoms with E-state index in [-0.39, 0.29) is 29.3 Å². The summed E-state index contributed by atoms with van der Waals surface area (Å²) >= 11 is 0. The van der Waals surface area contributed by atoms with Gasteiger partial charge in [-0.2, -0.15) is 18.3 Å². The maximum Gasteiger partial charge on any atom is 0.435 e.